The number of ether oxygens (including phenoxy) is 2. The van der Waals surface area contributed by atoms with Gasteiger partial charge in [-0.05, 0) is 24.5 Å². The zero-order valence-electron chi connectivity index (χ0n) is 15.6. The number of benzene rings is 1. The first-order chi connectivity index (χ1) is 13.1. The molecule has 1 aliphatic carbocycles. The van der Waals surface area contributed by atoms with Crippen LogP contribution in [-0.4, -0.2) is 46.2 Å². The maximum atomic E-state index is 11.2. The molecule has 2 fully saturated rings. The Labute approximate surface area is 164 Å². The van der Waals surface area contributed by atoms with E-state index in [1.807, 2.05) is 30.3 Å². The minimum absolute atomic E-state index is 0.0188. The second-order valence-electron chi connectivity index (χ2n) is 7.21. The summed E-state index contributed by atoms with van der Waals surface area (Å²) in [4.78, 5) is 11.2. The molecule has 148 valence electrons. The van der Waals surface area contributed by atoms with Crippen molar-refractivity contribution in [3.63, 3.8) is 0 Å². The molecule has 0 amide bonds. The summed E-state index contributed by atoms with van der Waals surface area (Å²) >= 11 is 1.46. The zero-order chi connectivity index (χ0) is 19.2. The number of thioether (sulfide) groups is 1. The number of aliphatic hydroxyl groups is 2. The van der Waals surface area contributed by atoms with Gasteiger partial charge >= 0.3 is 5.97 Å². The lowest BCUT2D eigenvalue weighted by Gasteiger charge is -2.22. The number of esters is 1. The molecule has 1 aromatic rings. The lowest BCUT2D eigenvalue weighted by Crippen LogP contribution is -2.26. The number of carbonyl (C=O) groups is 1. The van der Waals surface area contributed by atoms with Crippen LogP contribution in [0.3, 0.4) is 0 Å². The van der Waals surface area contributed by atoms with Gasteiger partial charge in [0.05, 0.1) is 19.0 Å². The smallest absolute Gasteiger partial charge is 0.305 e. The largest absolute Gasteiger partial charge is 0.495 e. The summed E-state index contributed by atoms with van der Waals surface area (Å²) in [5.41, 5.74) is 0.550. The van der Waals surface area contributed by atoms with Gasteiger partial charge < -0.3 is 19.7 Å². The number of methoxy groups -OCH3 is 1. The molecular formula is C21H28O5S. The minimum Gasteiger partial charge on any atom is -0.495 e. The fourth-order valence-electron chi connectivity index (χ4n) is 3.88. The van der Waals surface area contributed by atoms with Crippen LogP contribution in [0.5, 0.6) is 0 Å². The summed E-state index contributed by atoms with van der Waals surface area (Å²) in [6, 6.07) is 9.91. The summed E-state index contributed by atoms with van der Waals surface area (Å²) < 4.78 is 10.7. The molecule has 0 aromatic heterocycles. The van der Waals surface area contributed by atoms with Crippen LogP contribution in [0.2, 0.25) is 0 Å². The van der Waals surface area contributed by atoms with Gasteiger partial charge in [0.2, 0.25) is 0 Å². The second-order valence-corrected chi connectivity index (χ2v) is 8.57. The van der Waals surface area contributed by atoms with Crippen LogP contribution in [0.4, 0.5) is 0 Å². The van der Waals surface area contributed by atoms with Crippen LogP contribution in [0, 0.1) is 5.92 Å². The average molecular weight is 393 g/mol. The summed E-state index contributed by atoms with van der Waals surface area (Å²) in [5.74, 6) is 0.983. The van der Waals surface area contributed by atoms with Crippen molar-refractivity contribution in [2.24, 2.45) is 5.92 Å². The first-order valence-corrected chi connectivity index (χ1v) is 10.5. The van der Waals surface area contributed by atoms with Crippen LogP contribution in [0.25, 0.3) is 0 Å². The number of aliphatic hydroxyl groups excluding tert-OH is 2. The van der Waals surface area contributed by atoms with Crippen molar-refractivity contribution in [2.45, 2.75) is 61.4 Å². The molecular weight excluding hydrogens is 364 g/mol. The van der Waals surface area contributed by atoms with E-state index in [0.717, 1.165) is 30.6 Å². The molecule has 0 bridgehead atoms. The van der Waals surface area contributed by atoms with Gasteiger partial charge in [-0.2, -0.15) is 0 Å². The molecule has 1 saturated heterocycles. The second kappa shape index (κ2) is 9.62. The maximum absolute atomic E-state index is 11.2. The van der Waals surface area contributed by atoms with Crippen LogP contribution in [0.15, 0.2) is 42.2 Å². The van der Waals surface area contributed by atoms with E-state index in [0.29, 0.717) is 19.3 Å². The molecule has 1 aliphatic heterocycles. The number of carbonyl (C=O) groups excluding carboxylic acids is 1. The Morgan fingerprint density at radius 1 is 1.41 bits per heavy atom. The fraction of sp³-hybridized carbons (Fsp3) is 0.571. The quantitative estimate of drug-likeness (QED) is 0.402. The third kappa shape index (κ3) is 5.50. The molecule has 6 heteroatoms. The standard InChI is InChI=1S/C21H28O5S/c1-25-19(23)10-6-5-9-15-12-16-18(26-15)13-17(22)21(16)27-20(24)11-14-7-3-2-4-8-14/h2-4,7-9,16-18,20-22,24H,5-6,10-13H2,1H3/t16?,17-,18?,20?,21+/m1/s1. The molecule has 5 atom stereocenters. The highest BCUT2D eigenvalue weighted by molar-refractivity contribution is 8.00. The topological polar surface area (TPSA) is 76.0 Å². The van der Waals surface area contributed by atoms with Crippen LogP contribution in [0.1, 0.15) is 37.7 Å². The molecule has 3 unspecified atom stereocenters. The number of fused-ring (bicyclic) bond motifs is 1. The van der Waals surface area contributed by atoms with Gasteiger partial charge in [-0.1, -0.05) is 30.3 Å². The lowest BCUT2D eigenvalue weighted by molar-refractivity contribution is -0.140. The van der Waals surface area contributed by atoms with E-state index in [4.69, 9.17) is 4.74 Å². The van der Waals surface area contributed by atoms with E-state index in [9.17, 15) is 15.0 Å². The average Bonchev–Trinajstić information content (AvgIpc) is 3.17. The van der Waals surface area contributed by atoms with Crippen molar-refractivity contribution in [1.82, 2.24) is 0 Å². The van der Waals surface area contributed by atoms with Gasteiger partial charge in [-0.3, -0.25) is 4.79 Å². The van der Waals surface area contributed by atoms with Gasteiger partial charge in [0.15, 0.2) is 0 Å². The van der Waals surface area contributed by atoms with E-state index in [1.54, 1.807) is 0 Å². The first-order valence-electron chi connectivity index (χ1n) is 9.55. The molecule has 1 aromatic carbocycles. The molecule has 0 radical (unpaired) electrons. The SMILES string of the molecule is COC(=O)CCCC=C1CC2C(C[C@@H](O)[C@H]2SC(O)Cc2ccccc2)O1. The highest BCUT2D eigenvalue weighted by Gasteiger charge is 2.49. The Morgan fingerprint density at radius 2 is 2.19 bits per heavy atom. The van der Waals surface area contributed by atoms with Gasteiger partial charge in [-0.25, -0.2) is 0 Å². The Balaban J connectivity index is 1.50. The van der Waals surface area contributed by atoms with Crippen molar-refractivity contribution >= 4 is 17.7 Å². The number of allylic oxidation sites excluding steroid dienone is 2. The van der Waals surface area contributed by atoms with E-state index >= 15 is 0 Å². The van der Waals surface area contributed by atoms with Gasteiger partial charge in [0.25, 0.3) is 0 Å². The van der Waals surface area contributed by atoms with Gasteiger partial charge in [0, 0.05) is 36.9 Å². The fourth-order valence-corrected chi connectivity index (χ4v) is 5.30. The van der Waals surface area contributed by atoms with E-state index in [2.05, 4.69) is 10.8 Å². The molecule has 3 rings (SSSR count). The Bertz CT molecular complexity index is 647. The van der Waals surface area contributed by atoms with E-state index in [-0.39, 0.29) is 23.2 Å². The predicted molar refractivity (Wildman–Crippen MR) is 105 cm³/mol. The summed E-state index contributed by atoms with van der Waals surface area (Å²) in [5, 5.41) is 20.9. The lowest BCUT2D eigenvalue weighted by atomic mass is 10.0. The normalized spacial score (nSPS) is 29.4. The first kappa shape index (κ1) is 20.2. The van der Waals surface area contributed by atoms with Crippen molar-refractivity contribution in [2.75, 3.05) is 7.11 Å². The Morgan fingerprint density at radius 3 is 2.93 bits per heavy atom. The molecule has 27 heavy (non-hydrogen) atoms. The molecule has 5 nitrogen and oxygen atoms in total. The zero-order valence-corrected chi connectivity index (χ0v) is 16.4. The number of hydrogen-bond donors (Lipinski definition) is 2. The molecule has 1 heterocycles. The predicted octanol–water partition coefficient (Wildman–Crippen LogP) is 3.05. The van der Waals surface area contributed by atoms with Crippen LogP contribution >= 0.6 is 11.8 Å². The van der Waals surface area contributed by atoms with E-state index < -0.39 is 11.5 Å². The molecule has 2 aliphatic rings. The van der Waals surface area contributed by atoms with Crippen molar-refractivity contribution in [3.05, 3.63) is 47.7 Å². The monoisotopic (exact) mass is 392 g/mol. The van der Waals surface area contributed by atoms with E-state index in [1.165, 1.54) is 18.9 Å². The third-order valence-electron chi connectivity index (χ3n) is 5.24. The summed E-state index contributed by atoms with van der Waals surface area (Å²) in [6.45, 7) is 0. The van der Waals surface area contributed by atoms with Crippen molar-refractivity contribution < 1.29 is 24.5 Å². The maximum Gasteiger partial charge on any atom is 0.305 e. The van der Waals surface area contributed by atoms with Gasteiger partial charge in [-0.15, -0.1) is 11.8 Å². The van der Waals surface area contributed by atoms with Gasteiger partial charge in [0.1, 0.15) is 11.5 Å². The molecule has 1 saturated carbocycles. The van der Waals surface area contributed by atoms with Crippen LogP contribution < -0.4 is 0 Å². The number of hydrogen-bond acceptors (Lipinski definition) is 6. The van der Waals surface area contributed by atoms with Crippen molar-refractivity contribution in [1.29, 1.82) is 0 Å². The summed E-state index contributed by atoms with van der Waals surface area (Å²) in [6.07, 6.45) is 5.53. The highest BCUT2D eigenvalue weighted by Crippen LogP contribution is 2.47. The minimum atomic E-state index is -0.543. The van der Waals surface area contributed by atoms with Crippen LogP contribution in [-0.2, 0) is 20.7 Å². The summed E-state index contributed by atoms with van der Waals surface area (Å²) in [7, 11) is 1.40. The molecule has 0 spiro atoms. The molecule has 2 N–H and O–H groups in total. The number of rotatable bonds is 8. The Hall–Kier alpha value is -1.50. The third-order valence-corrected chi connectivity index (χ3v) is 6.70. The van der Waals surface area contributed by atoms with Crippen molar-refractivity contribution in [3.8, 4) is 0 Å². The Kier molecular flexibility index (Phi) is 7.21. The number of unbranched alkanes of at least 4 members (excludes halogenated alkanes) is 1. The highest BCUT2D eigenvalue weighted by atomic mass is 32.2.